The van der Waals surface area contributed by atoms with E-state index in [-0.39, 0.29) is 27.9 Å². The molecule has 196 valence electrons. The summed E-state index contributed by atoms with van der Waals surface area (Å²) in [6, 6.07) is 12.3. The molecule has 4 rings (SSSR count). The van der Waals surface area contributed by atoms with Gasteiger partial charge in [0.15, 0.2) is 5.13 Å². The quantitative estimate of drug-likeness (QED) is 0.137. The van der Waals surface area contributed by atoms with E-state index in [1.807, 2.05) is 0 Å². The number of methoxy groups -OCH3 is 1. The van der Waals surface area contributed by atoms with Gasteiger partial charge in [-0.05, 0) is 44.2 Å². The summed E-state index contributed by atoms with van der Waals surface area (Å²) in [7, 11) is 1.47. The number of ketones is 1. The molecule has 3 aromatic rings. The van der Waals surface area contributed by atoms with Crippen LogP contribution in [0, 0.1) is 6.92 Å². The van der Waals surface area contributed by atoms with Gasteiger partial charge in [-0.1, -0.05) is 42.2 Å². The molecule has 0 bridgehead atoms. The van der Waals surface area contributed by atoms with Crippen LogP contribution in [-0.2, 0) is 14.3 Å². The Morgan fingerprint density at radius 1 is 1.18 bits per heavy atom. The van der Waals surface area contributed by atoms with E-state index in [0.29, 0.717) is 34.9 Å². The number of anilines is 1. The Hall–Kier alpha value is -4.44. The number of esters is 1. The number of carbonyl (C=O) groups is 3. The van der Waals surface area contributed by atoms with Crippen LogP contribution in [0.25, 0.3) is 5.76 Å². The molecule has 1 aliphatic rings. The molecule has 0 spiro atoms. The fraction of sp³-hybridized carbons (Fsp3) is 0.214. The molecule has 1 saturated heterocycles. The lowest BCUT2D eigenvalue weighted by Crippen LogP contribution is -2.29. The number of aliphatic hydroxyl groups excluding tert-OH is 1. The molecule has 10 heteroatoms. The van der Waals surface area contributed by atoms with Gasteiger partial charge < -0.3 is 19.3 Å². The van der Waals surface area contributed by atoms with Crippen LogP contribution in [0.2, 0.25) is 0 Å². The standard InChI is InChI=1S/C28H26N2O7S/c1-5-15-37-18-13-11-17(12-14-18)23(31)21-22(19-9-7-8-10-20(19)35-4)30(26(33)24(21)32)28-29-16(3)25(38-28)27(34)36-6-2/h5,7-14,22,31H,1,6,15H2,2-4H3/b23-21+. The molecular formula is C28H26N2O7S. The molecule has 9 nitrogen and oxygen atoms in total. The number of rotatable bonds is 9. The highest BCUT2D eigenvalue weighted by Gasteiger charge is 2.49. The van der Waals surface area contributed by atoms with Crippen LogP contribution in [0.4, 0.5) is 5.13 Å². The van der Waals surface area contributed by atoms with Gasteiger partial charge in [-0.3, -0.25) is 14.5 Å². The smallest absolute Gasteiger partial charge is 0.350 e. The summed E-state index contributed by atoms with van der Waals surface area (Å²) in [4.78, 5) is 45.1. The topological polar surface area (TPSA) is 115 Å². The third kappa shape index (κ3) is 4.90. The molecule has 2 aromatic carbocycles. The van der Waals surface area contributed by atoms with Crippen molar-refractivity contribution in [2.75, 3.05) is 25.2 Å². The van der Waals surface area contributed by atoms with Gasteiger partial charge in [0.1, 0.15) is 34.8 Å². The van der Waals surface area contributed by atoms with Gasteiger partial charge in [0.25, 0.3) is 5.78 Å². The maximum Gasteiger partial charge on any atom is 0.350 e. The van der Waals surface area contributed by atoms with Gasteiger partial charge >= 0.3 is 11.9 Å². The zero-order valence-corrected chi connectivity index (χ0v) is 21.9. The number of para-hydroxylation sites is 1. The van der Waals surface area contributed by atoms with Gasteiger partial charge in [-0.2, -0.15) is 0 Å². The Balaban J connectivity index is 1.88. The zero-order valence-electron chi connectivity index (χ0n) is 21.1. The normalized spacial score (nSPS) is 16.4. The summed E-state index contributed by atoms with van der Waals surface area (Å²) in [6.07, 6.45) is 1.61. The third-order valence-corrected chi connectivity index (χ3v) is 6.96. The van der Waals surface area contributed by atoms with E-state index in [4.69, 9.17) is 14.2 Å². The van der Waals surface area contributed by atoms with E-state index in [1.54, 1.807) is 68.5 Å². The Labute approximate surface area is 223 Å². The van der Waals surface area contributed by atoms with Crippen LogP contribution in [0.5, 0.6) is 11.5 Å². The summed E-state index contributed by atoms with van der Waals surface area (Å²) >= 11 is 0.939. The monoisotopic (exact) mass is 534 g/mol. The van der Waals surface area contributed by atoms with Gasteiger partial charge in [-0.25, -0.2) is 9.78 Å². The molecule has 2 heterocycles. The van der Waals surface area contributed by atoms with Crippen molar-refractivity contribution in [3.05, 3.63) is 88.5 Å². The molecule has 0 saturated carbocycles. The van der Waals surface area contributed by atoms with E-state index in [9.17, 15) is 19.5 Å². The summed E-state index contributed by atoms with van der Waals surface area (Å²) in [5.41, 5.74) is 1.01. The Morgan fingerprint density at radius 3 is 2.55 bits per heavy atom. The average molecular weight is 535 g/mol. The summed E-state index contributed by atoms with van der Waals surface area (Å²) < 4.78 is 16.1. The number of ether oxygens (including phenoxy) is 3. The molecule has 1 unspecified atom stereocenters. The van der Waals surface area contributed by atoms with Crippen molar-refractivity contribution in [2.24, 2.45) is 0 Å². The van der Waals surface area contributed by atoms with Crippen molar-refractivity contribution in [2.45, 2.75) is 19.9 Å². The molecule has 1 atom stereocenters. The fourth-order valence-corrected chi connectivity index (χ4v) is 5.09. The number of aromatic nitrogens is 1. The minimum atomic E-state index is -1.07. The first-order chi connectivity index (χ1) is 18.3. The molecule has 1 aromatic heterocycles. The maximum atomic E-state index is 13.4. The van der Waals surface area contributed by atoms with Gasteiger partial charge in [-0.15, -0.1) is 0 Å². The van der Waals surface area contributed by atoms with E-state index >= 15 is 0 Å². The number of Topliss-reactive ketones (excluding diaryl/α,β-unsaturated/α-hetero) is 1. The average Bonchev–Trinajstić information content (AvgIpc) is 3.43. The minimum Gasteiger partial charge on any atom is -0.507 e. The molecule has 0 radical (unpaired) electrons. The number of hydrogen-bond donors (Lipinski definition) is 1. The van der Waals surface area contributed by atoms with Crippen LogP contribution in [-0.4, -0.2) is 48.1 Å². The second-order valence-corrected chi connectivity index (χ2v) is 9.14. The van der Waals surface area contributed by atoms with Crippen LogP contribution in [0.15, 0.2) is 66.8 Å². The van der Waals surface area contributed by atoms with Crippen LogP contribution < -0.4 is 14.4 Å². The van der Waals surface area contributed by atoms with E-state index in [1.165, 1.54) is 12.0 Å². The van der Waals surface area contributed by atoms with Crippen molar-refractivity contribution in [3.8, 4) is 11.5 Å². The predicted octanol–water partition coefficient (Wildman–Crippen LogP) is 4.83. The van der Waals surface area contributed by atoms with Crippen molar-refractivity contribution >= 4 is 39.9 Å². The van der Waals surface area contributed by atoms with Crippen molar-refractivity contribution in [1.29, 1.82) is 0 Å². The highest BCUT2D eigenvalue weighted by Crippen LogP contribution is 2.46. The molecule has 0 aliphatic carbocycles. The lowest BCUT2D eigenvalue weighted by molar-refractivity contribution is -0.132. The van der Waals surface area contributed by atoms with Crippen LogP contribution in [0.3, 0.4) is 0 Å². The van der Waals surface area contributed by atoms with Crippen molar-refractivity contribution in [1.82, 2.24) is 4.98 Å². The Kier molecular flexibility index (Phi) is 7.92. The van der Waals surface area contributed by atoms with Gasteiger partial charge in [0, 0.05) is 11.1 Å². The number of aliphatic hydroxyl groups is 1. The number of thiazole rings is 1. The summed E-state index contributed by atoms with van der Waals surface area (Å²) in [5.74, 6) is -1.77. The van der Waals surface area contributed by atoms with Gasteiger partial charge in [0.2, 0.25) is 0 Å². The van der Waals surface area contributed by atoms with Crippen molar-refractivity contribution < 1.29 is 33.7 Å². The number of carbonyl (C=O) groups excluding carboxylic acids is 3. The van der Waals surface area contributed by atoms with E-state index in [0.717, 1.165) is 11.3 Å². The zero-order chi connectivity index (χ0) is 27.4. The molecule has 38 heavy (non-hydrogen) atoms. The second-order valence-electron chi connectivity index (χ2n) is 8.17. The van der Waals surface area contributed by atoms with Crippen LogP contribution in [0.1, 0.15) is 39.5 Å². The Morgan fingerprint density at radius 2 is 1.89 bits per heavy atom. The SMILES string of the molecule is C=CCOc1ccc(/C(O)=C2\C(=O)C(=O)N(c3nc(C)c(C(=O)OCC)s3)C2c2ccccc2OC)cc1. The molecule has 1 N–H and O–H groups in total. The molecule has 1 fully saturated rings. The number of benzene rings is 2. The number of aryl methyl sites for hydroxylation is 1. The third-order valence-electron chi connectivity index (χ3n) is 5.83. The lowest BCUT2D eigenvalue weighted by atomic mass is 9.94. The molecular weight excluding hydrogens is 508 g/mol. The van der Waals surface area contributed by atoms with Gasteiger partial charge in [0.05, 0.1) is 25.0 Å². The first-order valence-electron chi connectivity index (χ1n) is 11.7. The fourth-order valence-electron chi connectivity index (χ4n) is 4.11. The number of hydrogen-bond acceptors (Lipinski definition) is 9. The highest BCUT2D eigenvalue weighted by molar-refractivity contribution is 7.17. The van der Waals surface area contributed by atoms with E-state index in [2.05, 4.69) is 11.6 Å². The lowest BCUT2D eigenvalue weighted by Gasteiger charge is -2.24. The van der Waals surface area contributed by atoms with E-state index < -0.39 is 23.7 Å². The second kappa shape index (κ2) is 11.3. The minimum absolute atomic E-state index is 0.121. The number of amides is 1. The Bertz CT molecular complexity index is 1430. The largest absolute Gasteiger partial charge is 0.507 e. The first-order valence-corrected chi connectivity index (χ1v) is 12.6. The summed E-state index contributed by atoms with van der Waals surface area (Å²) in [5, 5.41) is 11.5. The van der Waals surface area contributed by atoms with Crippen molar-refractivity contribution in [3.63, 3.8) is 0 Å². The maximum absolute atomic E-state index is 13.4. The predicted molar refractivity (Wildman–Crippen MR) is 143 cm³/mol. The first kappa shape index (κ1) is 26.6. The summed E-state index contributed by atoms with van der Waals surface area (Å²) in [6.45, 7) is 7.41. The molecule has 1 aliphatic heterocycles. The highest BCUT2D eigenvalue weighted by atomic mass is 32.1. The van der Waals surface area contributed by atoms with Crippen LogP contribution >= 0.6 is 11.3 Å². The molecule has 1 amide bonds. The number of nitrogens with zero attached hydrogens (tertiary/aromatic N) is 2.